The second kappa shape index (κ2) is 7.60. The van der Waals surface area contributed by atoms with Gasteiger partial charge >= 0.3 is 0 Å². The van der Waals surface area contributed by atoms with Gasteiger partial charge in [0, 0.05) is 6.26 Å². The van der Waals surface area contributed by atoms with Crippen LogP contribution >= 0.6 is 0 Å². The minimum atomic E-state index is -3.24. The van der Waals surface area contributed by atoms with Crippen LogP contribution in [0.5, 0.6) is 0 Å². The summed E-state index contributed by atoms with van der Waals surface area (Å²) in [5, 5.41) is 12.7. The summed E-state index contributed by atoms with van der Waals surface area (Å²) >= 11 is 0. The van der Waals surface area contributed by atoms with Gasteiger partial charge in [-0.25, -0.2) is 8.42 Å². The van der Waals surface area contributed by atoms with Gasteiger partial charge in [0.1, 0.15) is 0 Å². The fraction of sp³-hybridized carbons (Fsp3) is 0.350. The Morgan fingerprint density at radius 3 is 2.27 bits per heavy atom. The highest BCUT2D eigenvalue weighted by Crippen LogP contribution is 2.38. The van der Waals surface area contributed by atoms with Crippen LogP contribution < -0.4 is 5.32 Å². The number of hydrogen-bond acceptors (Lipinski definition) is 4. The first-order valence-electron chi connectivity index (χ1n) is 8.64. The Balaban J connectivity index is 1.68. The summed E-state index contributed by atoms with van der Waals surface area (Å²) in [5.74, 6) is 0.108. The number of aliphatic hydroxyl groups is 1. The molecule has 0 spiro atoms. The summed E-state index contributed by atoms with van der Waals surface area (Å²) in [7, 11) is -3.24. The fourth-order valence-electron chi connectivity index (χ4n) is 3.30. The molecule has 1 saturated carbocycles. The van der Waals surface area contributed by atoms with Gasteiger partial charge in [-0.05, 0) is 42.0 Å². The van der Waals surface area contributed by atoms with Crippen LogP contribution in [0.15, 0.2) is 59.5 Å². The fourth-order valence-corrected chi connectivity index (χ4v) is 3.93. The molecule has 1 aliphatic rings. The zero-order chi connectivity index (χ0) is 18.7. The van der Waals surface area contributed by atoms with E-state index in [4.69, 9.17) is 0 Å². The van der Waals surface area contributed by atoms with Crippen molar-refractivity contribution < 1.29 is 18.3 Å². The van der Waals surface area contributed by atoms with Gasteiger partial charge in [-0.3, -0.25) is 4.79 Å². The van der Waals surface area contributed by atoms with Gasteiger partial charge in [-0.1, -0.05) is 42.5 Å². The molecule has 0 unspecified atom stereocenters. The molecule has 5 nitrogen and oxygen atoms in total. The van der Waals surface area contributed by atoms with E-state index in [9.17, 15) is 18.3 Å². The van der Waals surface area contributed by atoms with E-state index in [-0.39, 0.29) is 35.3 Å². The Bertz CT molecular complexity index is 856. The lowest BCUT2D eigenvalue weighted by atomic mass is 9.75. The number of carbonyl (C=O) groups excluding carboxylic acids is 1. The standard InChI is InChI=1S/C20H23NO4S/c1-26(24,25)18-9-7-14(8-10-18)11-19(23)21-20(16-12-17(22)13-16)15-5-3-2-4-6-15/h2-10,16-17,20,22H,11-13H2,1H3,(H,21,23)/t16?,17?,20-/m1/s1. The Kier molecular flexibility index (Phi) is 5.44. The van der Waals surface area contributed by atoms with Gasteiger partial charge in [-0.2, -0.15) is 0 Å². The van der Waals surface area contributed by atoms with Crippen LogP contribution in [0.2, 0.25) is 0 Å². The van der Waals surface area contributed by atoms with Gasteiger partial charge in [0.15, 0.2) is 9.84 Å². The van der Waals surface area contributed by atoms with E-state index in [1.54, 1.807) is 12.1 Å². The smallest absolute Gasteiger partial charge is 0.224 e. The quantitative estimate of drug-likeness (QED) is 0.814. The molecule has 6 heteroatoms. The molecule has 0 heterocycles. The highest BCUT2D eigenvalue weighted by Gasteiger charge is 2.35. The lowest BCUT2D eigenvalue weighted by molar-refractivity contribution is -0.122. The van der Waals surface area contributed by atoms with Crippen molar-refractivity contribution >= 4 is 15.7 Å². The molecule has 2 aromatic carbocycles. The molecule has 138 valence electrons. The van der Waals surface area contributed by atoms with Gasteiger partial charge in [0.25, 0.3) is 0 Å². The maximum atomic E-state index is 12.5. The summed E-state index contributed by atoms with van der Waals surface area (Å²) in [6.45, 7) is 0. The van der Waals surface area contributed by atoms with Crippen LogP contribution in [0.3, 0.4) is 0 Å². The third-order valence-electron chi connectivity index (χ3n) is 4.81. The van der Waals surface area contributed by atoms with Crippen molar-refractivity contribution in [3.63, 3.8) is 0 Å². The largest absolute Gasteiger partial charge is 0.393 e. The molecular weight excluding hydrogens is 350 g/mol. The number of hydrogen-bond donors (Lipinski definition) is 2. The van der Waals surface area contributed by atoms with E-state index in [0.29, 0.717) is 12.8 Å². The number of aliphatic hydroxyl groups excluding tert-OH is 1. The predicted molar refractivity (Wildman–Crippen MR) is 99.3 cm³/mol. The first-order valence-corrected chi connectivity index (χ1v) is 10.5. The molecule has 1 fully saturated rings. The molecule has 1 atom stereocenters. The van der Waals surface area contributed by atoms with E-state index in [2.05, 4.69) is 5.32 Å². The predicted octanol–water partition coefficient (Wildman–Crippen LogP) is 2.26. The minimum absolute atomic E-state index is 0.118. The molecule has 26 heavy (non-hydrogen) atoms. The number of rotatable bonds is 6. The van der Waals surface area contributed by atoms with Crippen molar-refractivity contribution in [2.45, 2.75) is 36.3 Å². The highest BCUT2D eigenvalue weighted by atomic mass is 32.2. The van der Waals surface area contributed by atoms with Crippen LogP contribution in [-0.4, -0.2) is 31.8 Å². The Hall–Kier alpha value is -2.18. The number of nitrogens with one attached hydrogen (secondary N) is 1. The van der Waals surface area contributed by atoms with E-state index >= 15 is 0 Å². The van der Waals surface area contributed by atoms with Crippen LogP contribution in [0.25, 0.3) is 0 Å². The van der Waals surface area contributed by atoms with Gasteiger partial charge in [0.05, 0.1) is 23.5 Å². The monoisotopic (exact) mass is 373 g/mol. The maximum Gasteiger partial charge on any atom is 0.224 e. The number of amides is 1. The second-order valence-corrected chi connectivity index (χ2v) is 8.95. The lowest BCUT2D eigenvalue weighted by Gasteiger charge is -2.38. The van der Waals surface area contributed by atoms with Crippen LogP contribution in [0.1, 0.15) is 30.0 Å². The minimum Gasteiger partial charge on any atom is -0.393 e. The van der Waals surface area contributed by atoms with Crippen molar-refractivity contribution in [1.82, 2.24) is 5.32 Å². The van der Waals surface area contributed by atoms with Gasteiger partial charge in [0.2, 0.25) is 5.91 Å². The molecule has 1 aliphatic carbocycles. The van der Waals surface area contributed by atoms with Crippen molar-refractivity contribution in [3.05, 3.63) is 65.7 Å². The molecular formula is C20H23NO4S. The Labute approximate surface area is 154 Å². The molecule has 2 N–H and O–H groups in total. The summed E-state index contributed by atoms with van der Waals surface area (Å²) in [6.07, 6.45) is 2.42. The molecule has 0 saturated heterocycles. The Morgan fingerprint density at radius 1 is 1.12 bits per heavy atom. The van der Waals surface area contributed by atoms with E-state index in [0.717, 1.165) is 17.4 Å². The average molecular weight is 373 g/mol. The average Bonchev–Trinajstić information content (AvgIpc) is 2.58. The van der Waals surface area contributed by atoms with Crippen molar-refractivity contribution in [2.24, 2.45) is 5.92 Å². The molecule has 0 aliphatic heterocycles. The molecule has 3 rings (SSSR count). The lowest BCUT2D eigenvalue weighted by Crippen LogP contribution is -2.41. The number of sulfone groups is 1. The molecule has 0 aromatic heterocycles. The second-order valence-electron chi connectivity index (χ2n) is 6.93. The first kappa shape index (κ1) is 18.6. The molecule has 0 bridgehead atoms. The molecule has 0 radical (unpaired) electrons. The number of carbonyl (C=O) groups is 1. The highest BCUT2D eigenvalue weighted by molar-refractivity contribution is 7.90. The summed E-state index contributed by atoms with van der Waals surface area (Å²) in [5.41, 5.74) is 1.79. The maximum absolute atomic E-state index is 12.5. The zero-order valence-electron chi connectivity index (χ0n) is 14.6. The van der Waals surface area contributed by atoms with Crippen LogP contribution in [0.4, 0.5) is 0 Å². The van der Waals surface area contributed by atoms with E-state index in [1.165, 1.54) is 12.1 Å². The van der Waals surface area contributed by atoms with Crippen molar-refractivity contribution in [1.29, 1.82) is 0 Å². The number of benzene rings is 2. The Morgan fingerprint density at radius 2 is 1.73 bits per heavy atom. The summed E-state index contributed by atoms with van der Waals surface area (Å²) in [4.78, 5) is 12.8. The SMILES string of the molecule is CS(=O)(=O)c1ccc(CC(=O)N[C@H](c2ccccc2)C2CC(O)C2)cc1. The van der Waals surface area contributed by atoms with Crippen molar-refractivity contribution in [3.8, 4) is 0 Å². The van der Waals surface area contributed by atoms with E-state index in [1.807, 2.05) is 30.3 Å². The summed E-state index contributed by atoms with van der Waals surface area (Å²) in [6, 6.07) is 16.0. The van der Waals surface area contributed by atoms with Crippen LogP contribution in [-0.2, 0) is 21.1 Å². The van der Waals surface area contributed by atoms with Crippen molar-refractivity contribution in [2.75, 3.05) is 6.26 Å². The van der Waals surface area contributed by atoms with Gasteiger partial charge in [-0.15, -0.1) is 0 Å². The third kappa shape index (κ3) is 4.51. The van der Waals surface area contributed by atoms with E-state index < -0.39 is 9.84 Å². The normalized spacial score (nSPS) is 20.8. The molecule has 1 amide bonds. The van der Waals surface area contributed by atoms with Crippen LogP contribution in [0, 0.1) is 5.92 Å². The first-order chi connectivity index (χ1) is 12.3. The summed E-state index contributed by atoms with van der Waals surface area (Å²) < 4.78 is 23.0. The van der Waals surface area contributed by atoms with Gasteiger partial charge < -0.3 is 10.4 Å². The topological polar surface area (TPSA) is 83.5 Å². The third-order valence-corrected chi connectivity index (χ3v) is 5.94. The zero-order valence-corrected chi connectivity index (χ0v) is 15.4. The molecule has 2 aromatic rings.